The van der Waals surface area contributed by atoms with Crippen molar-refractivity contribution in [3.8, 4) is 0 Å². The predicted octanol–water partition coefficient (Wildman–Crippen LogP) is 3.73. The first-order chi connectivity index (χ1) is 8.06. The van der Waals surface area contributed by atoms with Crippen LogP contribution >= 0.6 is 0 Å². The maximum absolute atomic E-state index is 10.2. The Morgan fingerprint density at radius 2 is 1.22 bits per heavy atom. The second-order valence-electron chi connectivity index (χ2n) is 4.43. The SMILES string of the molecule is CCCCCCCCCCCCOS(=O)(=O)O.[Gd]. The fraction of sp³-hybridized carbons (Fsp3) is 1.00. The normalized spacial score (nSPS) is 11.2. The van der Waals surface area contributed by atoms with Gasteiger partial charge in [-0.3, -0.25) is 4.55 Å². The molecule has 0 atom stereocenters. The van der Waals surface area contributed by atoms with Crippen LogP contribution in [0.3, 0.4) is 0 Å². The number of rotatable bonds is 12. The van der Waals surface area contributed by atoms with Crippen LogP contribution in [0.25, 0.3) is 0 Å². The Hall–Kier alpha value is 1.19. The van der Waals surface area contributed by atoms with Gasteiger partial charge in [0.1, 0.15) is 0 Å². The third kappa shape index (κ3) is 19.5. The molecule has 0 aliphatic carbocycles. The van der Waals surface area contributed by atoms with Gasteiger partial charge in [-0.05, 0) is 6.42 Å². The molecule has 0 spiro atoms. The molecule has 1 N–H and O–H groups in total. The molecule has 0 aliphatic heterocycles. The molecular formula is C12H26GdO4S. The van der Waals surface area contributed by atoms with Crippen LogP contribution in [-0.2, 0) is 14.6 Å². The van der Waals surface area contributed by atoms with Gasteiger partial charge in [0.05, 0.1) is 6.61 Å². The van der Waals surface area contributed by atoms with Crippen LogP contribution in [0.2, 0.25) is 0 Å². The van der Waals surface area contributed by atoms with E-state index < -0.39 is 10.4 Å². The molecule has 0 unspecified atom stereocenters. The van der Waals surface area contributed by atoms with Gasteiger partial charge in [0.2, 0.25) is 0 Å². The molecule has 0 bridgehead atoms. The number of hydrogen-bond acceptors (Lipinski definition) is 3. The van der Waals surface area contributed by atoms with Gasteiger partial charge >= 0.3 is 10.4 Å². The Labute approximate surface area is 144 Å². The Morgan fingerprint density at radius 3 is 1.61 bits per heavy atom. The average molecular weight is 424 g/mol. The van der Waals surface area contributed by atoms with Gasteiger partial charge < -0.3 is 0 Å². The smallest absolute Gasteiger partial charge is 0.264 e. The summed E-state index contributed by atoms with van der Waals surface area (Å²) in [5, 5.41) is 0. The van der Waals surface area contributed by atoms with Crippen molar-refractivity contribution in [2.45, 2.75) is 71.1 Å². The van der Waals surface area contributed by atoms with Crippen molar-refractivity contribution in [3.63, 3.8) is 0 Å². The third-order valence-electron chi connectivity index (χ3n) is 2.73. The molecule has 0 aromatic carbocycles. The molecule has 4 nitrogen and oxygen atoms in total. The summed E-state index contributed by atoms with van der Waals surface area (Å²) < 4.78 is 33.0. The standard InChI is InChI=1S/C12H26O4S.Gd/c1-2-3-4-5-6-7-8-9-10-11-12-16-17(13,14)15;/h2-12H2,1H3,(H,13,14,15);. The number of unbranched alkanes of at least 4 members (excludes halogenated alkanes) is 9. The molecular weight excluding hydrogens is 397 g/mol. The van der Waals surface area contributed by atoms with Crippen LogP contribution in [0, 0.1) is 39.9 Å². The summed E-state index contributed by atoms with van der Waals surface area (Å²) in [5.74, 6) is 0. The van der Waals surface area contributed by atoms with Crippen molar-refractivity contribution in [3.05, 3.63) is 0 Å². The molecule has 0 aromatic heterocycles. The van der Waals surface area contributed by atoms with Crippen LogP contribution in [0.15, 0.2) is 0 Å². The minimum Gasteiger partial charge on any atom is -0.264 e. The second kappa shape index (κ2) is 14.6. The van der Waals surface area contributed by atoms with Gasteiger partial charge in [0.25, 0.3) is 0 Å². The van der Waals surface area contributed by atoms with Gasteiger partial charge in [-0.2, -0.15) is 8.42 Å². The van der Waals surface area contributed by atoms with E-state index in [9.17, 15) is 8.42 Å². The maximum Gasteiger partial charge on any atom is 0.397 e. The zero-order valence-electron chi connectivity index (χ0n) is 11.2. The van der Waals surface area contributed by atoms with Gasteiger partial charge in [-0.25, -0.2) is 4.18 Å². The van der Waals surface area contributed by atoms with Gasteiger partial charge in [-0.15, -0.1) is 0 Å². The van der Waals surface area contributed by atoms with E-state index in [0.29, 0.717) is 6.42 Å². The van der Waals surface area contributed by atoms with E-state index in [4.69, 9.17) is 4.55 Å². The van der Waals surface area contributed by atoms with Crippen molar-refractivity contribution >= 4 is 10.4 Å². The first-order valence-electron chi connectivity index (χ1n) is 6.68. The molecule has 0 radical (unpaired) electrons. The summed E-state index contributed by atoms with van der Waals surface area (Å²) in [4.78, 5) is 0. The van der Waals surface area contributed by atoms with Crippen LogP contribution < -0.4 is 0 Å². The Kier molecular flexibility index (Phi) is 17.4. The van der Waals surface area contributed by atoms with E-state index in [1.165, 1.54) is 44.9 Å². The average Bonchev–Trinajstić information content (AvgIpc) is 2.24. The van der Waals surface area contributed by atoms with E-state index in [2.05, 4.69) is 11.1 Å². The van der Waals surface area contributed by atoms with Crippen LogP contribution in [0.4, 0.5) is 0 Å². The predicted molar refractivity (Wildman–Crippen MR) is 69.3 cm³/mol. The Bertz CT molecular complexity index is 255. The number of hydrogen-bond donors (Lipinski definition) is 1. The molecule has 0 aliphatic rings. The minimum atomic E-state index is -4.23. The van der Waals surface area contributed by atoms with Gasteiger partial charge in [0, 0.05) is 39.9 Å². The monoisotopic (exact) mass is 424 g/mol. The largest absolute Gasteiger partial charge is 0.397 e. The van der Waals surface area contributed by atoms with E-state index >= 15 is 0 Å². The fourth-order valence-electron chi connectivity index (χ4n) is 1.75. The topological polar surface area (TPSA) is 63.6 Å². The van der Waals surface area contributed by atoms with Crippen molar-refractivity contribution < 1.29 is 57.1 Å². The summed E-state index contributed by atoms with van der Waals surface area (Å²) in [6, 6.07) is 0. The third-order valence-corrected chi connectivity index (χ3v) is 3.19. The van der Waals surface area contributed by atoms with Gasteiger partial charge in [0.15, 0.2) is 0 Å². The quantitative estimate of drug-likeness (QED) is 0.384. The molecule has 0 saturated carbocycles. The first kappa shape index (κ1) is 21.5. The Balaban J connectivity index is 0. The fourth-order valence-corrected chi connectivity index (χ4v) is 2.08. The van der Waals surface area contributed by atoms with Crippen LogP contribution in [-0.4, -0.2) is 19.6 Å². The summed E-state index contributed by atoms with van der Waals surface area (Å²) in [5.41, 5.74) is 0. The van der Waals surface area contributed by atoms with E-state index in [1.54, 1.807) is 0 Å². The molecule has 6 heteroatoms. The van der Waals surface area contributed by atoms with E-state index in [-0.39, 0.29) is 46.5 Å². The summed E-state index contributed by atoms with van der Waals surface area (Å²) in [7, 11) is -4.23. The molecule has 18 heavy (non-hydrogen) atoms. The molecule has 0 amide bonds. The maximum atomic E-state index is 10.2. The molecule has 112 valence electrons. The summed E-state index contributed by atoms with van der Waals surface area (Å²) in [6.45, 7) is 2.31. The van der Waals surface area contributed by atoms with Crippen molar-refractivity contribution in [2.24, 2.45) is 0 Å². The molecule has 0 saturated heterocycles. The molecule has 0 rings (SSSR count). The van der Waals surface area contributed by atoms with Crippen LogP contribution in [0.1, 0.15) is 71.1 Å². The zero-order valence-corrected chi connectivity index (χ0v) is 14.3. The second-order valence-corrected chi connectivity index (χ2v) is 5.52. The Morgan fingerprint density at radius 1 is 0.833 bits per heavy atom. The van der Waals surface area contributed by atoms with Crippen molar-refractivity contribution in [1.29, 1.82) is 0 Å². The van der Waals surface area contributed by atoms with Crippen LogP contribution in [0.5, 0.6) is 0 Å². The molecule has 0 aromatic rings. The summed E-state index contributed by atoms with van der Waals surface area (Å²) in [6.07, 6.45) is 11.9. The molecule has 0 fully saturated rings. The van der Waals surface area contributed by atoms with Gasteiger partial charge in [-0.1, -0.05) is 64.7 Å². The first-order valence-corrected chi connectivity index (χ1v) is 8.04. The van der Waals surface area contributed by atoms with Crippen molar-refractivity contribution in [1.82, 2.24) is 0 Å². The summed E-state index contributed by atoms with van der Waals surface area (Å²) >= 11 is 0. The minimum absolute atomic E-state index is 0. The molecule has 0 heterocycles. The zero-order chi connectivity index (χ0) is 13.0. The van der Waals surface area contributed by atoms with Crippen molar-refractivity contribution in [2.75, 3.05) is 6.61 Å². The van der Waals surface area contributed by atoms with E-state index in [1.807, 2.05) is 0 Å². The van der Waals surface area contributed by atoms with E-state index in [0.717, 1.165) is 12.8 Å².